The average molecular weight is 297 g/mol. The van der Waals surface area contributed by atoms with E-state index in [1.165, 1.54) is 0 Å². The lowest BCUT2D eigenvalue weighted by Crippen LogP contribution is -2.03. The summed E-state index contributed by atoms with van der Waals surface area (Å²) in [4.78, 5) is 16.3. The molecular formula is C15H9ClN4O. The predicted molar refractivity (Wildman–Crippen MR) is 81.8 cm³/mol. The number of pyridine rings is 1. The summed E-state index contributed by atoms with van der Waals surface area (Å²) in [6, 6.07) is 9.22. The summed E-state index contributed by atoms with van der Waals surface area (Å²) in [6.45, 7) is 0. The number of anilines is 1. The third kappa shape index (κ3) is 1.98. The molecule has 0 unspecified atom stereocenters. The molecule has 5 nitrogen and oxygen atoms in total. The predicted octanol–water partition coefficient (Wildman–Crippen LogP) is 3.10. The van der Waals surface area contributed by atoms with Crippen LogP contribution >= 0.6 is 11.6 Å². The van der Waals surface area contributed by atoms with E-state index in [4.69, 9.17) is 11.6 Å². The molecule has 3 aromatic rings. The first-order valence-corrected chi connectivity index (χ1v) is 6.71. The van der Waals surface area contributed by atoms with E-state index in [-0.39, 0.29) is 5.91 Å². The van der Waals surface area contributed by atoms with E-state index in [0.29, 0.717) is 22.1 Å². The van der Waals surface area contributed by atoms with Crippen molar-refractivity contribution in [3.05, 3.63) is 52.9 Å². The molecule has 0 saturated heterocycles. The molecule has 2 aromatic heterocycles. The Labute approximate surface area is 124 Å². The zero-order valence-corrected chi connectivity index (χ0v) is 11.5. The number of nitrogens with zero attached hydrogens (tertiary/aromatic N) is 2. The van der Waals surface area contributed by atoms with Crippen LogP contribution in [0.25, 0.3) is 22.6 Å². The zero-order chi connectivity index (χ0) is 14.4. The second kappa shape index (κ2) is 4.43. The highest BCUT2D eigenvalue weighted by atomic mass is 35.5. The molecule has 0 fully saturated rings. The Bertz CT molecular complexity index is 913. The highest BCUT2D eigenvalue weighted by Gasteiger charge is 2.25. The Morgan fingerprint density at radius 3 is 3.00 bits per heavy atom. The number of benzene rings is 1. The minimum atomic E-state index is -0.176. The largest absolute Gasteiger partial charge is 0.320 e. The first kappa shape index (κ1) is 12.1. The van der Waals surface area contributed by atoms with Gasteiger partial charge in [-0.3, -0.25) is 9.89 Å². The summed E-state index contributed by atoms with van der Waals surface area (Å²) in [6.07, 6.45) is 3.55. The van der Waals surface area contributed by atoms with Crippen molar-refractivity contribution in [1.29, 1.82) is 0 Å². The number of aromatic nitrogens is 3. The van der Waals surface area contributed by atoms with E-state index >= 15 is 0 Å². The molecule has 102 valence electrons. The number of aromatic amines is 1. The van der Waals surface area contributed by atoms with Crippen molar-refractivity contribution in [3.8, 4) is 0 Å². The lowest BCUT2D eigenvalue weighted by molar-refractivity contribution is -0.110. The van der Waals surface area contributed by atoms with Gasteiger partial charge in [-0.2, -0.15) is 5.10 Å². The minimum absolute atomic E-state index is 0.176. The third-order valence-corrected chi connectivity index (χ3v) is 3.60. The Balaban J connectivity index is 1.85. The molecule has 0 saturated carbocycles. The third-order valence-electron chi connectivity index (χ3n) is 3.39. The number of nitrogens with one attached hydrogen (secondary N) is 2. The topological polar surface area (TPSA) is 70.7 Å². The molecule has 4 rings (SSSR count). The summed E-state index contributed by atoms with van der Waals surface area (Å²) in [5.41, 5.74) is 3.58. The Hall–Kier alpha value is -2.66. The van der Waals surface area contributed by atoms with Gasteiger partial charge in [-0.25, -0.2) is 4.98 Å². The Kier molecular flexibility index (Phi) is 2.55. The number of hydrogen-bond donors (Lipinski definition) is 2. The lowest BCUT2D eigenvalue weighted by Gasteiger charge is -1.99. The number of hydrogen-bond acceptors (Lipinski definition) is 3. The van der Waals surface area contributed by atoms with Crippen molar-refractivity contribution in [2.45, 2.75) is 0 Å². The zero-order valence-electron chi connectivity index (χ0n) is 10.7. The van der Waals surface area contributed by atoms with Gasteiger partial charge in [0.1, 0.15) is 10.8 Å². The molecular weight excluding hydrogens is 288 g/mol. The maximum absolute atomic E-state index is 12.1. The Morgan fingerprint density at radius 1 is 1.19 bits per heavy atom. The van der Waals surface area contributed by atoms with Crippen LogP contribution in [0, 0.1) is 0 Å². The molecule has 1 aromatic carbocycles. The van der Waals surface area contributed by atoms with Gasteiger partial charge in [0.2, 0.25) is 0 Å². The molecule has 3 heterocycles. The fraction of sp³-hybridized carbons (Fsp3) is 0. The molecule has 21 heavy (non-hydrogen) atoms. The van der Waals surface area contributed by atoms with Gasteiger partial charge >= 0.3 is 0 Å². The van der Waals surface area contributed by atoms with Crippen molar-refractivity contribution in [3.63, 3.8) is 0 Å². The van der Waals surface area contributed by atoms with Crippen molar-refractivity contribution in [2.75, 3.05) is 5.32 Å². The highest BCUT2D eigenvalue weighted by molar-refractivity contribution is 6.35. The monoisotopic (exact) mass is 296 g/mol. The van der Waals surface area contributed by atoms with Gasteiger partial charge < -0.3 is 5.32 Å². The molecule has 1 aliphatic rings. The number of H-pyrrole nitrogens is 1. The van der Waals surface area contributed by atoms with Crippen LogP contribution in [0.2, 0.25) is 5.15 Å². The lowest BCUT2D eigenvalue weighted by atomic mass is 10.1. The van der Waals surface area contributed by atoms with Gasteiger partial charge in [0, 0.05) is 5.39 Å². The van der Waals surface area contributed by atoms with Crippen molar-refractivity contribution in [1.82, 2.24) is 15.2 Å². The normalized spacial score (nSPS) is 15.5. The average Bonchev–Trinajstić information content (AvgIpc) is 3.04. The van der Waals surface area contributed by atoms with Gasteiger partial charge in [-0.15, -0.1) is 0 Å². The van der Waals surface area contributed by atoms with Crippen LogP contribution in [0.15, 0.2) is 36.5 Å². The summed E-state index contributed by atoms with van der Waals surface area (Å²) in [7, 11) is 0. The number of carbonyl (C=O) groups is 1. The van der Waals surface area contributed by atoms with Crippen LogP contribution in [0.1, 0.15) is 11.3 Å². The summed E-state index contributed by atoms with van der Waals surface area (Å²) >= 11 is 5.91. The standard InChI is InChI=1S/C15H9ClN4O/c16-13-4-3-11-14(19-13)10(15(21)18-11)5-8-1-2-9-7-17-20-12(9)6-8/h1-7H,(H,17,20)(H,18,21). The molecule has 0 atom stereocenters. The van der Waals surface area contributed by atoms with E-state index in [9.17, 15) is 4.79 Å². The first-order valence-electron chi connectivity index (χ1n) is 6.34. The van der Waals surface area contributed by atoms with Gasteiger partial charge in [0.25, 0.3) is 5.91 Å². The van der Waals surface area contributed by atoms with Crippen LogP contribution in [0.5, 0.6) is 0 Å². The van der Waals surface area contributed by atoms with Crippen LogP contribution in [0.3, 0.4) is 0 Å². The van der Waals surface area contributed by atoms with Crippen LogP contribution in [-0.2, 0) is 4.79 Å². The number of rotatable bonds is 1. The van der Waals surface area contributed by atoms with Crippen LogP contribution < -0.4 is 5.32 Å². The van der Waals surface area contributed by atoms with Gasteiger partial charge in [0.15, 0.2) is 0 Å². The number of fused-ring (bicyclic) bond motifs is 2. The van der Waals surface area contributed by atoms with Gasteiger partial charge in [0.05, 0.1) is 23.0 Å². The van der Waals surface area contributed by atoms with E-state index < -0.39 is 0 Å². The number of carbonyl (C=O) groups excluding carboxylic acids is 1. The first-order chi connectivity index (χ1) is 10.2. The number of amides is 1. The summed E-state index contributed by atoms with van der Waals surface area (Å²) in [5, 5.41) is 11.1. The van der Waals surface area contributed by atoms with Crippen LogP contribution in [0.4, 0.5) is 5.69 Å². The quantitative estimate of drug-likeness (QED) is 0.535. The highest BCUT2D eigenvalue weighted by Crippen LogP contribution is 2.32. The van der Waals surface area contributed by atoms with Gasteiger partial charge in [-0.05, 0) is 29.8 Å². The summed E-state index contributed by atoms with van der Waals surface area (Å²) in [5.74, 6) is -0.176. The molecule has 0 spiro atoms. The summed E-state index contributed by atoms with van der Waals surface area (Å²) < 4.78 is 0. The van der Waals surface area contributed by atoms with Crippen LogP contribution in [-0.4, -0.2) is 21.1 Å². The van der Waals surface area contributed by atoms with E-state index in [2.05, 4.69) is 20.5 Å². The fourth-order valence-electron chi connectivity index (χ4n) is 2.38. The van der Waals surface area contributed by atoms with Gasteiger partial charge in [-0.1, -0.05) is 23.7 Å². The van der Waals surface area contributed by atoms with Crippen molar-refractivity contribution in [2.24, 2.45) is 0 Å². The number of halogens is 1. The smallest absolute Gasteiger partial charge is 0.258 e. The van der Waals surface area contributed by atoms with E-state index in [1.807, 2.05) is 18.2 Å². The minimum Gasteiger partial charge on any atom is -0.320 e. The maximum Gasteiger partial charge on any atom is 0.258 e. The van der Waals surface area contributed by atoms with Crippen molar-refractivity contribution < 1.29 is 4.79 Å². The molecule has 0 aliphatic carbocycles. The maximum atomic E-state index is 12.1. The van der Waals surface area contributed by atoms with Crippen molar-refractivity contribution >= 4 is 45.7 Å². The second-order valence-electron chi connectivity index (χ2n) is 4.76. The molecule has 1 amide bonds. The molecule has 6 heteroatoms. The second-order valence-corrected chi connectivity index (χ2v) is 5.15. The molecule has 2 N–H and O–H groups in total. The molecule has 0 bridgehead atoms. The molecule has 1 aliphatic heterocycles. The molecule has 0 radical (unpaired) electrons. The van der Waals surface area contributed by atoms with E-state index in [1.54, 1.807) is 24.4 Å². The SMILES string of the molecule is O=C1Nc2ccc(Cl)nc2C1=Cc1ccc2cn[nH]c2c1. The fourth-order valence-corrected chi connectivity index (χ4v) is 2.53. The Morgan fingerprint density at radius 2 is 2.10 bits per heavy atom. The van der Waals surface area contributed by atoms with E-state index in [0.717, 1.165) is 16.5 Å².